The van der Waals surface area contributed by atoms with Crippen LogP contribution in [0.25, 0.3) is 0 Å². The quantitative estimate of drug-likeness (QED) is 0.786. The molecule has 1 amide bonds. The number of carbonyl (C=O) groups is 2. The summed E-state index contributed by atoms with van der Waals surface area (Å²) in [5.41, 5.74) is 1.07. The predicted molar refractivity (Wildman–Crippen MR) is 84.4 cm³/mol. The van der Waals surface area contributed by atoms with Crippen molar-refractivity contribution in [1.82, 2.24) is 4.90 Å². The number of hydrogen-bond donors (Lipinski definition) is 0. The van der Waals surface area contributed by atoms with Crippen molar-refractivity contribution in [3.63, 3.8) is 0 Å². The SMILES string of the molecule is CC(=O)N(CCC(=O)C(C)C)[C@@H](C)c1ccc(Br)cc1. The Morgan fingerprint density at radius 3 is 2.15 bits per heavy atom. The first-order valence-electron chi connectivity index (χ1n) is 6.88. The minimum Gasteiger partial charge on any atom is -0.336 e. The fraction of sp³-hybridized carbons (Fsp3) is 0.500. The molecular weight excluding hydrogens is 318 g/mol. The normalized spacial score (nSPS) is 12.3. The van der Waals surface area contributed by atoms with Gasteiger partial charge in [-0.05, 0) is 24.6 Å². The summed E-state index contributed by atoms with van der Waals surface area (Å²) in [5, 5.41) is 0. The molecule has 0 N–H and O–H groups in total. The molecule has 4 heteroatoms. The van der Waals surface area contributed by atoms with Gasteiger partial charge in [0.15, 0.2) is 0 Å². The molecule has 0 aliphatic carbocycles. The molecule has 0 radical (unpaired) electrons. The van der Waals surface area contributed by atoms with E-state index in [0.717, 1.165) is 10.0 Å². The van der Waals surface area contributed by atoms with Gasteiger partial charge >= 0.3 is 0 Å². The molecule has 110 valence electrons. The first-order chi connectivity index (χ1) is 9.32. The van der Waals surface area contributed by atoms with Crippen molar-refractivity contribution in [3.05, 3.63) is 34.3 Å². The van der Waals surface area contributed by atoms with E-state index >= 15 is 0 Å². The molecular formula is C16H22BrNO2. The average molecular weight is 340 g/mol. The van der Waals surface area contributed by atoms with Gasteiger partial charge in [0.2, 0.25) is 5.91 Å². The minimum atomic E-state index is -0.0273. The van der Waals surface area contributed by atoms with E-state index in [1.54, 1.807) is 11.8 Å². The highest BCUT2D eigenvalue weighted by molar-refractivity contribution is 9.10. The Bertz CT molecular complexity index is 468. The van der Waals surface area contributed by atoms with Crippen LogP contribution in [0, 0.1) is 5.92 Å². The Morgan fingerprint density at radius 1 is 1.15 bits per heavy atom. The third-order valence-corrected chi connectivity index (χ3v) is 4.00. The Kier molecular flexibility index (Phi) is 6.40. The fourth-order valence-electron chi connectivity index (χ4n) is 2.06. The number of carbonyl (C=O) groups excluding carboxylic acids is 2. The van der Waals surface area contributed by atoms with Gasteiger partial charge in [-0.25, -0.2) is 0 Å². The second kappa shape index (κ2) is 7.58. The molecule has 3 nitrogen and oxygen atoms in total. The fourth-order valence-corrected chi connectivity index (χ4v) is 2.33. The molecule has 0 fully saturated rings. The molecule has 0 unspecified atom stereocenters. The zero-order chi connectivity index (χ0) is 15.3. The lowest BCUT2D eigenvalue weighted by molar-refractivity contribution is -0.132. The third kappa shape index (κ3) is 4.75. The molecule has 0 saturated heterocycles. The molecule has 0 aliphatic rings. The van der Waals surface area contributed by atoms with Crippen LogP contribution in [0.5, 0.6) is 0 Å². The largest absolute Gasteiger partial charge is 0.336 e. The second-order valence-corrected chi connectivity index (χ2v) is 6.23. The van der Waals surface area contributed by atoms with Gasteiger partial charge in [0.05, 0.1) is 6.04 Å². The van der Waals surface area contributed by atoms with E-state index in [1.807, 2.05) is 45.0 Å². The van der Waals surface area contributed by atoms with Crippen molar-refractivity contribution in [2.75, 3.05) is 6.54 Å². The Morgan fingerprint density at radius 2 is 1.70 bits per heavy atom. The molecule has 0 heterocycles. The standard InChI is InChI=1S/C16H22BrNO2/c1-11(2)16(20)9-10-18(13(4)19)12(3)14-5-7-15(17)8-6-14/h5-8,11-12H,9-10H2,1-4H3/t12-/m0/s1. The van der Waals surface area contributed by atoms with Gasteiger partial charge in [0.1, 0.15) is 5.78 Å². The lowest BCUT2D eigenvalue weighted by atomic mass is 10.0. The Hall–Kier alpha value is -1.16. The van der Waals surface area contributed by atoms with E-state index in [4.69, 9.17) is 0 Å². The van der Waals surface area contributed by atoms with Crippen molar-refractivity contribution in [1.29, 1.82) is 0 Å². The third-order valence-electron chi connectivity index (χ3n) is 3.47. The summed E-state index contributed by atoms with van der Waals surface area (Å²) in [6.07, 6.45) is 0.415. The van der Waals surface area contributed by atoms with E-state index in [0.29, 0.717) is 13.0 Å². The van der Waals surface area contributed by atoms with E-state index in [2.05, 4.69) is 15.9 Å². The zero-order valence-corrected chi connectivity index (χ0v) is 14.1. The summed E-state index contributed by atoms with van der Waals surface area (Å²) >= 11 is 3.40. The minimum absolute atomic E-state index is 0.00280. The zero-order valence-electron chi connectivity index (χ0n) is 12.5. The molecule has 1 rings (SSSR count). The monoisotopic (exact) mass is 339 g/mol. The highest BCUT2D eigenvalue weighted by Gasteiger charge is 2.20. The molecule has 0 saturated carbocycles. The summed E-state index contributed by atoms with van der Waals surface area (Å²) in [6.45, 7) is 7.79. The van der Waals surface area contributed by atoms with E-state index < -0.39 is 0 Å². The molecule has 1 aromatic carbocycles. The van der Waals surface area contributed by atoms with Gasteiger partial charge in [0, 0.05) is 30.3 Å². The lowest BCUT2D eigenvalue weighted by Crippen LogP contribution is -2.34. The summed E-state index contributed by atoms with van der Waals surface area (Å²) in [4.78, 5) is 25.3. The molecule has 0 bridgehead atoms. The first-order valence-corrected chi connectivity index (χ1v) is 7.67. The maximum Gasteiger partial charge on any atom is 0.219 e. The van der Waals surface area contributed by atoms with Crippen molar-refractivity contribution >= 4 is 27.6 Å². The molecule has 0 aliphatic heterocycles. The van der Waals surface area contributed by atoms with Crippen molar-refractivity contribution < 1.29 is 9.59 Å². The number of amides is 1. The van der Waals surface area contributed by atoms with Crippen molar-refractivity contribution in [3.8, 4) is 0 Å². The first kappa shape index (κ1) is 16.9. The van der Waals surface area contributed by atoms with E-state index in [-0.39, 0.29) is 23.7 Å². The maximum atomic E-state index is 11.8. The summed E-state index contributed by atoms with van der Waals surface area (Å²) in [6, 6.07) is 7.89. The number of Topliss-reactive ketones (excluding diaryl/α,β-unsaturated/α-hetero) is 1. The Labute approximate surface area is 129 Å². The number of nitrogens with zero attached hydrogens (tertiary/aromatic N) is 1. The lowest BCUT2D eigenvalue weighted by Gasteiger charge is -2.28. The van der Waals surface area contributed by atoms with Gasteiger partial charge in [0.25, 0.3) is 0 Å². The van der Waals surface area contributed by atoms with Crippen LogP contribution in [0.3, 0.4) is 0 Å². The van der Waals surface area contributed by atoms with Crippen LogP contribution in [0.2, 0.25) is 0 Å². The number of benzene rings is 1. The van der Waals surface area contributed by atoms with Crippen LogP contribution in [-0.4, -0.2) is 23.1 Å². The highest BCUT2D eigenvalue weighted by atomic mass is 79.9. The van der Waals surface area contributed by atoms with Gasteiger partial charge < -0.3 is 4.90 Å². The Balaban J connectivity index is 2.77. The van der Waals surface area contributed by atoms with Gasteiger partial charge in [-0.2, -0.15) is 0 Å². The van der Waals surface area contributed by atoms with Gasteiger partial charge in [-0.3, -0.25) is 9.59 Å². The smallest absolute Gasteiger partial charge is 0.219 e. The summed E-state index contributed by atoms with van der Waals surface area (Å²) < 4.78 is 1.01. The predicted octanol–water partition coefficient (Wildman–Crippen LogP) is 3.97. The van der Waals surface area contributed by atoms with Crippen molar-refractivity contribution in [2.24, 2.45) is 5.92 Å². The number of ketones is 1. The molecule has 1 atom stereocenters. The number of hydrogen-bond acceptors (Lipinski definition) is 2. The van der Waals surface area contributed by atoms with Crippen LogP contribution < -0.4 is 0 Å². The van der Waals surface area contributed by atoms with Crippen molar-refractivity contribution in [2.45, 2.75) is 40.2 Å². The van der Waals surface area contributed by atoms with Crippen LogP contribution in [-0.2, 0) is 9.59 Å². The van der Waals surface area contributed by atoms with Crippen LogP contribution in [0.4, 0.5) is 0 Å². The van der Waals surface area contributed by atoms with E-state index in [9.17, 15) is 9.59 Å². The molecule has 0 spiro atoms. The topological polar surface area (TPSA) is 37.4 Å². The molecule has 1 aromatic rings. The second-order valence-electron chi connectivity index (χ2n) is 5.31. The van der Waals surface area contributed by atoms with Crippen LogP contribution in [0.1, 0.15) is 45.7 Å². The molecule has 0 aromatic heterocycles. The summed E-state index contributed by atoms with van der Waals surface area (Å²) in [5.74, 6) is 0.211. The number of rotatable bonds is 6. The highest BCUT2D eigenvalue weighted by Crippen LogP contribution is 2.22. The number of halogens is 1. The van der Waals surface area contributed by atoms with Gasteiger partial charge in [-0.15, -0.1) is 0 Å². The van der Waals surface area contributed by atoms with E-state index in [1.165, 1.54) is 0 Å². The van der Waals surface area contributed by atoms with Gasteiger partial charge in [-0.1, -0.05) is 41.9 Å². The van der Waals surface area contributed by atoms with Crippen LogP contribution >= 0.6 is 15.9 Å². The molecule has 20 heavy (non-hydrogen) atoms. The van der Waals surface area contributed by atoms with Crippen LogP contribution in [0.15, 0.2) is 28.7 Å². The average Bonchev–Trinajstić information content (AvgIpc) is 2.38. The maximum absolute atomic E-state index is 11.8. The summed E-state index contributed by atoms with van der Waals surface area (Å²) in [7, 11) is 0.